The van der Waals surface area contributed by atoms with E-state index in [1.54, 1.807) is 12.4 Å². The fourth-order valence-corrected chi connectivity index (χ4v) is 3.53. The number of amides is 1. The van der Waals surface area contributed by atoms with Crippen molar-refractivity contribution in [2.75, 3.05) is 6.79 Å². The molecule has 0 unspecified atom stereocenters. The molecule has 6 heteroatoms. The summed E-state index contributed by atoms with van der Waals surface area (Å²) in [5.74, 6) is 1.27. The van der Waals surface area contributed by atoms with E-state index in [4.69, 9.17) is 14.5 Å². The zero-order valence-electron chi connectivity index (χ0n) is 16.4. The molecule has 1 aliphatic rings. The Balaban J connectivity index is 1.48. The second-order valence-electron chi connectivity index (χ2n) is 7.18. The minimum absolute atomic E-state index is 0.152. The number of hydrogen-bond acceptors (Lipinski definition) is 5. The molecule has 1 amide bonds. The number of carbonyl (C=O) groups excluding carboxylic acids is 1. The number of pyridine rings is 2. The Morgan fingerprint density at radius 1 is 1.00 bits per heavy atom. The maximum Gasteiger partial charge on any atom is 0.252 e. The molecule has 0 atom stereocenters. The molecular formula is C24H19N3O3. The van der Waals surface area contributed by atoms with Crippen LogP contribution in [0.3, 0.4) is 0 Å². The van der Waals surface area contributed by atoms with Crippen molar-refractivity contribution in [3.8, 4) is 22.8 Å². The summed E-state index contributed by atoms with van der Waals surface area (Å²) in [6, 6.07) is 17.2. The highest BCUT2D eigenvalue weighted by atomic mass is 16.7. The Labute approximate surface area is 173 Å². The second-order valence-corrected chi connectivity index (χ2v) is 7.18. The first-order valence-corrected chi connectivity index (χ1v) is 9.66. The number of aryl methyl sites for hydroxylation is 1. The van der Waals surface area contributed by atoms with Crippen molar-refractivity contribution in [2.45, 2.75) is 13.5 Å². The maximum absolute atomic E-state index is 13.2. The van der Waals surface area contributed by atoms with Gasteiger partial charge in [0.1, 0.15) is 0 Å². The van der Waals surface area contributed by atoms with Gasteiger partial charge in [-0.25, -0.2) is 4.98 Å². The summed E-state index contributed by atoms with van der Waals surface area (Å²) in [6.07, 6.45) is 3.44. The van der Waals surface area contributed by atoms with Gasteiger partial charge in [-0.3, -0.25) is 9.78 Å². The smallest absolute Gasteiger partial charge is 0.252 e. The highest BCUT2D eigenvalue weighted by molar-refractivity contribution is 6.07. The number of aromatic nitrogens is 2. The van der Waals surface area contributed by atoms with Crippen LogP contribution in [0.25, 0.3) is 22.2 Å². The molecule has 0 aliphatic carbocycles. The normalized spacial score (nSPS) is 12.2. The number of nitrogens with one attached hydrogen (secondary N) is 1. The van der Waals surface area contributed by atoms with Gasteiger partial charge in [0.25, 0.3) is 5.91 Å². The van der Waals surface area contributed by atoms with Crippen LogP contribution in [0.2, 0.25) is 0 Å². The van der Waals surface area contributed by atoms with Crippen molar-refractivity contribution in [2.24, 2.45) is 0 Å². The molecule has 4 aromatic rings. The molecule has 2 aromatic carbocycles. The topological polar surface area (TPSA) is 73.3 Å². The first kappa shape index (κ1) is 18.1. The molecule has 0 spiro atoms. The van der Waals surface area contributed by atoms with Gasteiger partial charge < -0.3 is 14.8 Å². The molecule has 148 valence electrons. The van der Waals surface area contributed by atoms with E-state index in [1.165, 1.54) is 0 Å². The lowest BCUT2D eigenvalue weighted by molar-refractivity contribution is 0.0952. The number of hydrogen-bond donors (Lipinski definition) is 1. The molecule has 6 nitrogen and oxygen atoms in total. The molecule has 30 heavy (non-hydrogen) atoms. The van der Waals surface area contributed by atoms with E-state index in [1.807, 2.05) is 61.5 Å². The summed E-state index contributed by atoms with van der Waals surface area (Å²) in [5, 5.41) is 3.85. The fraction of sp³-hybridized carbons (Fsp3) is 0.125. The van der Waals surface area contributed by atoms with Crippen LogP contribution >= 0.6 is 0 Å². The molecule has 5 rings (SSSR count). The Morgan fingerprint density at radius 3 is 2.70 bits per heavy atom. The molecule has 3 heterocycles. The van der Waals surface area contributed by atoms with Gasteiger partial charge in [-0.05, 0) is 55.0 Å². The van der Waals surface area contributed by atoms with Crippen molar-refractivity contribution in [3.05, 3.63) is 83.7 Å². The second kappa shape index (κ2) is 7.48. The third kappa shape index (κ3) is 3.43. The first-order valence-electron chi connectivity index (χ1n) is 9.66. The van der Waals surface area contributed by atoms with E-state index in [9.17, 15) is 4.79 Å². The van der Waals surface area contributed by atoms with E-state index in [0.717, 1.165) is 39.0 Å². The molecule has 0 fully saturated rings. The van der Waals surface area contributed by atoms with Crippen LogP contribution in [0.15, 0.2) is 67.0 Å². The molecule has 0 radical (unpaired) electrons. The summed E-state index contributed by atoms with van der Waals surface area (Å²) in [5.41, 5.74) is 5.04. The Morgan fingerprint density at radius 2 is 1.83 bits per heavy atom. The summed E-state index contributed by atoms with van der Waals surface area (Å²) in [7, 11) is 0. The van der Waals surface area contributed by atoms with Gasteiger partial charge in [0.05, 0.1) is 16.8 Å². The predicted octanol–water partition coefficient (Wildman–Crippen LogP) is 4.26. The maximum atomic E-state index is 13.2. The Bertz CT molecular complexity index is 1260. The van der Waals surface area contributed by atoms with E-state index in [-0.39, 0.29) is 12.7 Å². The number of nitrogens with zero attached hydrogens (tertiary/aromatic N) is 2. The largest absolute Gasteiger partial charge is 0.454 e. The standard InChI is InChI=1S/C24H19N3O3/c1-15-2-4-20-18(10-15)19(12-21(27-20)17-6-8-25-9-7-17)24(28)26-13-16-3-5-22-23(11-16)30-14-29-22/h2-12H,13-14H2,1H3,(H,26,28). The zero-order chi connectivity index (χ0) is 20.5. The van der Waals surface area contributed by atoms with Crippen LogP contribution in [-0.4, -0.2) is 22.7 Å². The van der Waals surface area contributed by atoms with Gasteiger partial charge in [0.15, 0.2) is 11.5 Å². The molecule has 2 aromatic heterocycles. The van der Waals surface area contributed by atoms with Crippen LogP contribution in [0, 0.1) is 6.92 Å². The number of benzene rings is 2. The molecule has 0 bridgehead atoms. The van der Waals surface area contributed by atoms with Crippen molar-refractivity contribution in [1.29, 1.82) is 0 Å². The van der Waals surface area contributed by atoms with E-state index < -0.39 is 0 Å². The molecule has 0 saturated heterocycles. The summed E-state index contributed by atoms with van der Waals surface area (Å²) in [4.78, 5) is 22.0. The van der Waals surface area contributed by atoms with E-state index in [0.29, 0.717) is 17.9 Å². The average Bonchev–Trinajstić information content (AvgIpc) is 3.25. The minimum Gasteiger partial charge on any atom is -0.454 e. The SMILES string of the molecule is Cc1ccc2nc(-c3ccncc3)cc(C(=O)NCc3ccc4c(c3)OCO4)c2c1. The zero-order valence-corrected chi connectivity index (χ0v) is 16.4. The fourth-order valence-electron chi connectivity index (χ4n) is 3.53. The van der Waals surface area contributed by atoms with E-state index >= 15 is 0 Å². The van der Waals surface area contributed by atoms with Crippen LogP contribution in [0.1, 0.15) is 21.5 Å². The van der Waals surface area contributed by atoms with Crippen LogP contribution in [0.4, 0.5) is 0 Å². The van der Waals surface area contributed by atoms with Crippen LogP contribution < -0.4 is 14.8 Å². The lowest BCUT2D eigenvalue weighted by Gasteiger charge is -2.12. The summed E-state index contributed by atoms with van der Waals surface area (Å²) in [6.45, 7) is 2.62. The van der Waals surface area contributed by atoms with Crippen molar-refractivity contribution < 1.29 is 14.3 Å². The lowest BCUT2D eigenvalue weighted by Crippen LogP contribution is -2.23. The predicted molar refractivity (Wildman–Crippen MR) is 113 cm³/mol. The van der Waals surface area contributed by atoms with Crippen molar-refractivity contribution >= 4 is 16.8 Å². The molecule has 0 saturated carbocycles. The lowest BCUT2D eigenvalue weighted by atomic mass is 10.0. The first-order chi connectivity index (χ1) is 14.7. The highest BCUT2D eigenvalue weighted by Gasteiger charge is 2.16. The van der Waals surface area contributed by atoms with Crippen LogP contribution in [-0.2, 0) is 6.54 Å². The van der Waals surface area contributed by atoms with Gasteiger partial charge in [0.2, 0.25) is 6.79 Å². The number of fused-ring (bicyclic) bond motifs is 2. The average molecular weight is 397 g/mol. The molecule has 1 N–H and O–H groups in total. The van der Waals surface area contributed by atoms with Gasteiger partial charge in [-0.2, -0.15) is 0 Å². The monoisotopic (exact) mass is 397 g/mol. The van der Waals surface area contributed by atoms with E-state index in [2.05, 4.69) is 10.3 Å². The third-order valence-corrected chi connectivity index (χ3v) is 5.07. The van der Waals surface area contributed by atoms with Gasteiger partial charge >= 0.3 is 0 Å². The van der Waals surface area contributed by atoms with Gasteiger partial charge in [0, 0.05) is 29.9 Å². The van der Waals surface area contributed by atoms with Crippen molar-refractivity contribution in [1.82, 2.24) is 15.3 Å². The third-order valence-electron chi connectivity index (χ3n) is 5.07. The summed E-state index contributed by atoms with van der Waals surface area (Å²) < 4.78 is 10.8. The summed E-state index contributed by atoms with van der Waals surface area (Å²) >= 11 is 0. The number of carbonyl (C=O) groups is 1. The minimum atomic E-state index is -0.152. The van der Waals surface area contributed by atoms with Crippen LogP contribution in [0.5, 0.6) is 11.5 Å². The highest BCUT2D eigenvalue weighted by Crippen LogP contribution is 2.32. The number of rotatable bonds is 4. The van der Waals surface area contributed by atoms with Gasteiger partial charge in [-0.15, -0.1) is 0 Å². The molecule has 1 aliphatic heterocycles. The Kier molecular flexibility index (Phi) is 4.52. The Hall–Kier alpha value is -3.93. The van der Waals surface area contributed by atoms with Crippen molar-refractivity contribution in [3.63, 3.8) is 0 Å². The number of ether oxygens (including phenoxy) is 2. The molecular weight excluding hydrogens is 378 g/mol. The quantitative estimate of drug-likeness (QED) is 0.557. The van der Waals surface area contributed by atoms with Gasteiger partial charge in [-0.1, -0.05) is 17.7 Å².